The molecule has 1 aromatic heterocycles. The maximum atomic E-state index is 10.6. The van der Waals surface area contributed by atoms with E-state index in [1.54, 1.807) is 12.1 Å². The van der Waals surface area contributed by atoms with E-state index < -0.39 is 11.5 Å². The van der Waals surface area contributed by atoms with Crippen molar-refractivity contribution >= 4 is 17.3 Å². The van der Waals surface area contributed by atoms with Gasteiger partial charge in [-0.05, 0) is 18.2 Å². The number of pyridine rings is 1. The normalized spacial score (nSPS) is 12.5. The highest BCUT2D eigenvalue weighted by atomic mass is 35.5. The van der Waals surface area contributed by atoms with Crippen molar-refractivity contribution in [2.75, 3.05) is 0 Å². The summed E-state index contributed by atoms with van der Waals surface area (Å²) in [7, 11) is 0. The lowest BCUT2D eigenvalue weighted by atomic mass is 10.3. The highest BCUT2D eigenvalue weighted by Crippen LogP contribution is 2.29. The van der Waals surface area contributed by atoms with Crippen LogP contribution in [0.15, 0.2) is 42.6 Å². The SMILES string of the molecule is [2H]C([2H])(Oc1ccc([N+](=O)[O-])cc1Cl)c1ccccn1. The Hall–Kier alpha value is -2.14. The number of hydrogen-bond acceptors (Lipinski definition) is 4. The first-order valence-corrected chi connectivity index (χ1v) is 5.32. The Kier molecular flexibility index (Phi) is 2.99. The van der Waals surface area contributed by atoms with Crippen molar-refractivity contribution in [2.45, 2.75) is 6.56 Å². The number of halogens is 1. The van der Waals surface area contributed by atoms with Crippen LogP contribution >= 0.6 is 11.6 Å². The Morgan fingerprint density at radius 3 is 2.89 bits per heavy atom. The van der Waals surface area contributed by atoms with Crippen molar-refractivity contribution in [1.82, 2.24) is 4.98 Å². The first kappa shape index (κ1) is 9.85. The van der Waals surface area contributed by atoms with Gasteiger partial charge in [0, 0.05) is 18.3 Å². The maximum Gasteiger partial charge on any atom is 0.271 e. The fraction of sp³-hybridized carbons (Fsp3) is 0.0833. The standard InChI is InChI=1S/C12H9ClN2O3/c13-11-7-10(15(16)17)4-5-12(11)18-8-9-3-1-2-6-14-9/h1-7H,8H2/i8D2. The number of rotatable bonds is 4. The number of nitro groups is 1. The van der Waals surface area contributed by atoms with E-state index in [0.717, 1.165) is 6.07 Å². The van der Waals surface area contributed by atoms with Crippen LogP contribution in [0.5, 0.6) is 5.75 Å². The smallest absolute Gasteiger partial charge is 0.271 e. The molecule has 92 valence electrons. The number of nitro benzene ring substituents is 1. The number of benzene rings is 1. The van der Waals surface area contributed by atoms with E-state index in [0.29, 0.717) is 0 Å². The summed E-state index contributed by atoms with van der Waals surface area (Å²) in [6.07, 6.45) is 1.44. The molecule has 0 bridgehead atoms. The minimum Gasteiger partial charge on any atom is -0.486 e. The van der Waals surface area contributed by atoms with Gasteiger partial charge in [0.2, 0.25) is 0 Å². The van der Waals surface area contributed by atoms with Gasteiger partial charge in [0.15, 0.2) is 0 Å². The molecule has 0 radical (unpaired) electrons. The Balaban J connectivity index is 2.28. The van der Waals surface area contributed by atoms with Gasteiger partial charge in [-0.3, -0.25) is 15.1 Å². The Labute approximate surface area is 111 Å². The predicted molar refractivity (Wildman–Crippen MR) is 66.7 cm³/mol. The molecule has 0 unspecified atom stereocenters. The second-order valence-electron chi connectivity index (χ2n) is 3.29. The molecule has 0 saturated carbocycles. The summed E-state index contributed by atoms with van der Waals surface area (Å²) >= 11 is 5.85. The van der Waals surface area contributed by atoms with E-state index in [-0.39, 0.29) is 22.2 Å². The molecule has 0 spiro atoms. The van der Waals surface area contributed by atoms with Gasteiger partial charge in [-0.2, -0.15) is 0 Å². The molecule has 2 rings (SSSR count). The second-order valence-corrected chi connectivity index (χ2v) is 3.70. The van der Waals surface area contributed by atoms with Crippen LogP contribution in [-0.4, -0.2) is 9.91 Å². The molecule has 2 aromatic rings. The van der Waals surface area contributed by atoms with Crippen molar-refractivity contribution in [1.29, 1.82) is 0 Å². The largest absolute Gasteiger partial charge is 0.486 e. The molecule has 6 heteroatoms. The van der Waals surface area contributed by atoms with Crippen LogP contribution in [0, 0.1) is 10.1 Å². The number of hydrogen-bond donors (Lipinski definition) is 0. The molecule has 1 heterocycles. The zero-order valence-electron chi connectivity index (χ0n) is 11.0. The summed E-state index contributed by atoms with van der Waals surface area (Å²) < 4.78 is 20.8. The molecule has 0 aliphatic carbocycles. The van der Waals surface area contributed by atoms with Gasteiger partial charge in [0.25, 0.3) is 5.69 Å². The number of ether oxygens (including phenoxy) is 1. The van der Waals surface area contributed by atoms with Crippen LogP contribution in [0.3, 0.4) is 0 Å². The highest BCUT2D eigenvalue weighted by molar-refractivity contribution is 6.32. The van der Waals surface area contributed by atoms with Crippen molar-refractivity contribution in [2.24, 2.45) is 0 Å². The Morgan fingerprint density at radius 1 is 1.44 bits per heavy atom. The van der Waals surface area contributed by atoms with Gasteiger partial charge in [-0.15, -0.1) is 0 Å². The van der Waals surface area contributed by atoms with Crippen LogP contribution < -0.4 is 4.74 Å². The first-order chi connectivity index (χ1) is 9.40. The van der Waals surface area contributed by atoms with Gasteiger partial charge >= 0.3 is 0 Å². The summed E-state index contributed by atoms with van der Waals surface area (Å²) in [6.45, 7) is -2.19. The summed E-state index contributed by atoms with van der Waals surface area (Å²) in [4.78, 5) is 13.9. The molecule has 0 aliphatic heterocycles. The molecule has 0 fully saturated rings. The molecular formula is C12H9ClN2O3. The van der Waals surface area contributed by atoms with Gasteiger partial charge in [-0.25, -0.2) is 0 Å². The van der Waals surface area contributed by atoms with Crippen LogP contribution in [0.1, 0.15) is 8.44 Å². The molecule has 0 saturated heterocycles. The average molecular weight is 267 g/mol. The van der Waals surface area contributed by atoms with Gasteiger partial charge in [0.05, 0.1) is 18.4 Å². The summed E-state index contributed by atoms with van der Waals surface area (Å²) in [5.74, 6) is 0.00733. The van der Waals surface area contributed by atoms with E-state index in [9.17, 15) is 10.1 Å². The average Bonchev–Trinajstić information content (AvgIpc) is 2.41. The topological polar surface area (TPSA) is 65.3 Å². The van der Waals surface area contributed by atoms with E-state index in [1.165, 1.54) is 24.4 Å². The Bertz CT molecular complexity index is 638. The fourth-order valence-corrected chi connectivity index (χ4v) is 1.43. The van der Waals surface area contributed by atoms with Crippen LogP contribution in [0.25, 0.3) is 0 Å². The molecular weight excluding hydrogens is 256 g/mol. The molecule has 0 N–H and O–H groups in total. The van der Waals surface area contributed by atoms with Crippen molar-refractivity contribution in [3.63, 3.8) is 0 Å². The maximum absolute atomic E-state index is 10.6. The van der Waals surface area contributed by atoms with E-state index in [1.807, 2.05) is 0 Å². The second kappa shape index (κ2) is 5.46. The first-order valence-electron chi connectivity index (χ1n) is 5.94. The molecule has 0 atom stereocenters. The lowest BCUT2D eigenvalue weighted by Gasteiger charge is -2.07. The third-order valence-corrected chi connectivity index (χ3v) is 2.35. The summed E-state index contributed by atoms with van der Waals surface area (Å²) in [6, 6.07) is 8.29. The van der Waals surface area contributed by atoms with Gasteiger partial charge in [-0.1, -0.05) is 17.7 Å². The summed E-state index contributed by atoms with van der Waals surface area (Å²) in [5, 5.41) is 10.6. The quantitative estimate of drug-likeness (QED) is 0.629. The predicted octanol–water partition coefficient (Wildman–Crippen LogP) is 3.22. The molecule has 18 heavy (non-hydrogen) atoms. The van der Waals surface area contributed by atoms with E-state index in [2.05, 4.69) is 4.98 Å². The van der Waals surface area contributed by atoms with Gasteiger partial charge in [0.1, 0.15) is 12.3 Å². The number of nitrogens with zero attached hydrogens (tertiary/aromatic N) is 2. The zero-order valence-corrected chi connectivity index (χ0v) is 9.79. The lowest BCUT2D eigenvalue weighted by molar-refractivity contribution is -0.384. The fourth-order valence-electron chi connectivity index (χ4n) is 1.22. The van der Waals surface area contributed by atoms with Crippen LogP contribution in [0.4, 0.5) is 5.69 Å². The van der Waals surface area contributed by atoms with Crippen molar-refractivity contribution in [3.8, 4) is 5.75 Å². The monoisotopic (exact) mass is 266 g/mol. The minimum atomic E-state index is -2.19. The van der Waals surface area contributed by atoms with Crippen molar-refractivity contribution in [3.05, 3.63) is 63.4 Å². The molecule has 5 nitrogen and oxygen atoms in total. The Morgan fingerprint density at radius 2 is 2.28 bits per heavy atom. The van der Waals surface area contributed by atoms with Crippen molar-refractivity contribution < 1.29 is 12.4 Å². The highest BCUT2D eigenvalue weighted by Gasteiger charge is 2.10. The van der Waals surface area contributed by atoms with E-state index in [4.69, 9.17) is 19.1 Å². The third-order valence-electron chi connectivity index (χ3n) is 2.06. The number of aromatic nitrogens is 1. The molecule has 0 amide bonds. The van der Waals surface area contributed by atoms with Crippen LogP contribution in [-0.2, 0) is 6.56 Å². The lowest BCUT2D eigenvalue weighted by Crippen LogP contribution is -1.98. The van der Waals surface area contributed by atoms with Gasteiger partial charge < -0.3 is 4.74 Å². The van der Waals surface area contributed by atoms with E-state index >= 15 is 0 Å². The summed E-state index contributed by atoms with van der Waals surface area (Å²) in [5.41, 5.74) is -0.116. The van der Waals surface area contributed by atoms with Crippen LogP contribution in [0.2, 0.25) is 5.02 Å². The number of non-ortho nitro benzene ring substituents is 1. The molecule has 1 aromatic carbocycles. The third kappa shape index (κ3) is 2.95. The zero-order chi connectivity index (χ0) is 14.8. The molecule has 0 aliphatic rings. The minimum absolute atomic E-state index is 0.00733.